The third-order valence-electron chi connectivity index (χ3n) is 2.91. The van der Waals surface area contributed by atoms with Crippen LogP contribution in [-0.2, 0) is 9.53 Å². The zero-order valence-corrected chi connectivity index (χ0v) is 12.5. The lowest BCUT2D eigenvalue weighted by Crippen LogP contribution is -2.52. The highest BCUT2D eigenvalue weighted by Gasteiger charge is 2.34. The van der Waals surface area contributed by atoms with Crippen LogP contribution in [0.4, 0.5) is 4.39 Å². The lowest BCUT2D eigenvalue weighted by atomic mass is 9.98. The number of carbonyl (C=O) groups is 2. The molecule has 0 aromatic heterocycles. The monoisotopic (exact) mass is 331 g/mol. The van der Waals surface area contributed by atoms with Gasteiger partial charge in [-0.05, 0) is 47.5 Å². The Morgan fingerprint density at radius 1 is 1.47 bits per heavy atom. The SMILES string of the molecule is CCC(C)(NC(=O)c1cc(F)ccc1Br)C(=O)OC. The summed E-state index contributed by atoms with van der Waals surface area (Å²) in [6.07, 6.45) is 0.359. The molecule has 1 aromatic rings. The molecule has 6 heteroatoms. The molecule has 0 heterocycles. The lowest BCUT2D eigenvalue weighted by molar-refractivity contribution is -0.147. The number of esters is 1. The van der Waals surface area contributed by atoms with Crippen LogP contribution in [0.1, 0.15) is 30.6 Å². The molecule has 1 amide bonds. The highest BCUT2D eigenvalue weighted by molar-refractivity contribution is 9.10. The van der Waals surface area contributed by atoms with Gasteiger partial charge in [0.05, 0.1) is 12.7 Å². The number of ether oxygens (including phenoxy) is 1. The van der Waals surface area contributed by atoms with E-state index in [9.17, 15) is 14.0 Å². The van der Waals surface area contributed by atoms with Gasteiger partial charge in [-0.15, -0.1) is 0 Å². The van der Waals surface area contributed by atoms with Crippen molar-refractivity contribution in [3.05, 3.63) is 34.1 Å². The van der Waals surface area contributed by atoms with Crippen molar-refractivity contribution < 1.29 is 18.7 Å². The Balaban J connectivity index is 3.01. The maximum atomic E-state index is 13.2. The van der Waals surface area contributed by atoms with Crippen molar-refractivity contribution in [2.24, 2.45) is 0 Å². The van der Waals surface area contributed by atoms with E-state index >= 15 is 0 Å². The number of methoxy groups -OCH3 is 1. The van der Waals surface area contributed by atoms with Crippen molar-refractivity contribution in [2.45, 2.75) is 25.8 Å². The van der Waals surface area contributed by atoms with Gasteiger partial charge in [0, 0.05) is 4.47 Å². The third-order valence-corrected chi connectivity index (χ3v) is 3.60. The Hall–Kier alpha value is -1.43. The number of rotatable bonds is 4. The topological polar surface area (TPSA) is 55.4 Å². The molecule has 1 N–H and O–H groups in total. The molecular weight excluding hydrogens is 317 g/mol. The summed E-state index contributed by atoms with van der Waals surface area (Å²) in [5.74, 6) is -1.61. The van der Waals surface area contributed by atoms with Gasteiger partial charge in [0.25, 0.3) is 5.91 Å². The van der Waals surface area contributed by atoms with Gasteiger partial charge < -0.3 is 10.1 Å². The first-order valence-corrected chi connectivity index (χ1v) is 6.49. The van der Waals surface area contributed by atoms with Crippen LogP contribution in [0, 0.1) is 5.82 Å². The van der Waals surface area contributed by atoms with Crippen LogP contribution in [0.3, 0.4) is 0 Å². The van der Waals surface area contributed by atoms with Gasteiger partial charge in [0.2, 0.25) is 0 Å². The molecule has 1 aromatic carbocycles. The van der Waals surface area contributed by atoms with E-state index in [1.807, 2.05) is 0 Å². The van der Waals surface area contributed by atoms with Crippen molar-refractivity contribution in [1.82, 2.24) is 5.32 Å². The van der Waals surface area contributed by atoms with E-state index < -0.39 is 23.2 Å². The summed E-state index contributed by atoms with van der Waals surface area (Å²) in [4.78, 5) is 23.8. The molecule has 0 fully saturated rings. The molecule has 0 saturated carbocycles. The summed E-state index contributed by atoms with van der Waals surface area (Å²) in [6, 6.07) is 3.78. The summed E-state index contributed by atoms with van der Waals surface area (Å²) in [6.45, 7) is 3.31. The highest BCUT2D eigenvalue weighted by Crippen LogP contribution is 2.20. The van der Waals surface area contributed by atoms with Crippen LogP contribution in [0.5, 0.6) is 0 Å². The number of halogens is 2. The van der Waals surface area contributed by atoms with E-state index in [-0.39, 0.29) is 5.56 Å². The molecule has 0 radical (unpaired) electrons. The second kappa shape index (κ2) is 6.14. The normalized spacial score (nSPS) is 13.5. The average Bonchev–Trinajstić information content (AvgIpc) is 2.40. The van der Waals surface area contributed by atoms with E-state index in [4.69, 9.17) is 0 Å². The van der Waals surface area contributed by atoms with Crippen molar-refractivity contribution in [3.63, 3.8) is 0 Å². The van der Waals surface area contributed by atoms with Gasteiger partial charge in [0.15, 0.2) is 0 Å². The minimum absolute atomic E-state index is 0.128. The summed E-state index contributed by atoms with van der Waals surface area (Å²) < 4.78 is 18.3. The van der Waals surface area contributed by atoms with Gasteiger partial charge in [-0.3, -0.25) is 4.79 Å². The van der Waals surface area contributed by atoms with Gasteiger partial charge in [-0.2, -0.15) is 0 Å². The predicted octanol–water partition coefficient (Wildman–Crippen LogP) is 2.66. The van der Waals surface area contributed by atoms with Crippen molar-refractivity contribution >= 4 is 27.8 Å². The van der Waals surface area contributed by atoms with E-state index in [1.54, 1.807) is 13.8 Å². The second-order valence-corrected chi connectivity index (χ2v) is 5.11. The van der Waals surface area contributed by atoms with Crippen LogP contribution in [0.15, 0.2) is 22.7 Å². The molecule has 1 unspecified atom stereocenters. The van der Waals surface area contributed by atoms with Crippen LogP contribution in [0.25, 0.3) is 0 Å². The zero-order chi connectivity index (χ0) is 14.6. The lowest BCUT2D eigenvalue weighted by Gasteiger charge is -2.26. The Morgan fingerprint density at radius 3 is 2.63 bits per heavy atom. The first-order chi connectivity index (χ1) is 8.84. The van der Waals surface area contributed by atoms with E-state index in [2.05, 4.69) is 26.0 Å². The Labute approximate surface area is 119 Å². The van der Waals surface area contributed by atoms with Crippen molar-refractivity contribution in [1.29, 1.82) is 0 Å². The van der Waals surface area contributed by atoms with Gasteiger partial charge in [0.1, 0.15) is 11.4 Å². The molecule has 0 spiro atoms. The van der Waals surface area contributed by atoms with Crippen molar-refractivity contribution in [3.8, 4) is 0 Å². The van der Waals surface area contributed by atoms with Gasteiger partial charge in [-0.25, -0.2) is 9.18 Å². The maximum absolute atomic E-state index is 13.2. The Kier molecular flexibility index (Phi) is 5.05. The quantitative estimate of drug-likeness (QED) is 0.863. The number of hydrogen-bond acceptors (Lipinski definition) is 3. The summed E-state index contributed by atoms with van der Waals surface area (Å²) >= 11 is 3.17. The molecule has 0 aliphatic rings. The highest BCUT2D eigenvalue weighted by atomic mass is 79.9. The standard InChI is InChI=1S/C13H15BrFNO3/c1-4-13(2,12(18)19-3)16-11(17)9-7-8(15)5-6-10(9)14/h5-7H,4H2,1-3H3,(H,16,17). The second-order valence-electron chi connectivity index (χ2n) is 4.26. The van der Waals surface area contributed by atoms with E-state index in [1.165, 1.54) is 19.2 Å². The Morgan fingerprint density at radius 2 is 2.11 bits per heavy atom. The van der Waals surface area contributed by atoms with Crippen molar-refractivity contribution in [2.75, 3.05) is 7.11 Å². The third kappa shape index (κ3) is 3.53. The predicted molar refractivity (Wildman–Crippen MR) is 72.3 cm³/mol. The Bertz CT molecular complexity index is 507. The number of nitrogens with one attached hydrogen (secondary N) is 1. The largest absolute Gasteiger partial charge is 0.467 e. The fourth-order valence-electron chi connectivity index (χ4n) is 1.50. The molecular formula is C13H15BrFNO3. The number of benzene rings is 1. The van der Waals surface area contributed by atoms with Crippen LogP contribution >= 0.6 is 15.9 Å². The minimum Gasteiger partial charge on any atom is -0.467 e. The smallest absolute Gasteiger partial charge is 0.331 e. The summed E-state index contributed by atoms with van der Waals surface area (Å²) in [7, 11) is 1.25. The molecule has 4 nitrogen and oxygen atoms in total. The fraction of sp³-hybridized carbons (Fsp3) is 0.385. The number of hydrogen-bond donors (Lipinski definition) is 1. The van der Waals surface area contributed by atoms with Crippen LogP contribution in [-0.4, -0.2) is 24.5 Å². The van der Waals surface area contributed by atoms with Crippen LogP contribution < -0.4 is 5.32 Å². The molecule has 0 aliphatic heterocycles. The number of carbonyl (C=O) groups excluding carboxylic acids is 2. The maximum Gasteiger partial charge on any atom is 0.331 e. The average molecular weight is 332 g/mol. The van der Waals surface area contributed by atoms with Gasteiger partial charge >= 0.3 is 5.97 Å². The first kappa shape index (κ1) is 15.6. The molecule has 0 bridgehead atoms. The van der Waals surface area contributed by atoms with E-state index in [0.717, 1.165) is 6.07 Å². The molecule has 1 atom stereocenters. The van der Waals surface area contributed by atoms with Crippen LogP contribution in [0.2, 0.25) is 0 Å². The summed E-state index contributed by atoms with van der Waals surface area (Å²) in [5, 5.41) is 2.57. The molecule has 0 aliphatic carbocycles. The molecule has 0 saturated heterocycles. The van der Waals surface area contributed by atoms with E-state index in [0.29, 0.717) is 10.9 Å². The summed E-state index contributed by atoms with van der Waals surface area (Å²) in [5.41, 5.74) is -1.01. The number of amides is 1. The fourth-order valence-corrected chi connectivity index (χ4v) is 1.93. The zero-order valence-electron chi connectivity index (χ0n) is 10.9. The molecule has 1 rings (SSSR count). The minimum atomic E-state index is -1.14. The molecule has 104 valence electrons. The molecule has 19 heavy (non-hydrogen) atoms. The first-order valence-electron chi connectivity index (χ1n) is 5.70. The van der Waals surface area contributed by atoms with Gasteiger partial charge in [-0.1, -0.05) is 6.92 Å².